The molecular formula is C12H25IN4O3. The summed E-state index contributed by atoms with van der Waals surface area (Å²) in [5.41, 5.74) is 5.77. The van der Waals surface area contributed by atoms with Crippen LogP contribution in [-0.4, -0.2) is 63.0 Å². The number of hydrogen-bond acceptors (Lipinski definition) is 4. The molecule has 0 bridgehead atoms. The number of aliphatic imine (C=N–C) groups is 1. The Hall–Kier alpha value is -0.770. The molecule has 1 amide bonds. The Labute approximate surface area is 137 Å². The van der Waals surface area contributed by atoms with Crippen molar-refractivity contribution in [2.45, 2.75) is 25.8 Å². The average molecular weight is 400 g/mol. The van der Waals surface area contributed by atoms with Gasteiger partial charge >= 0.3 is 6.09 Å². The molecular weight excluding hydrogens is 375 g/mol. The van der Waals surface area contributed by atoms with Gasteiger partial charge in [0.05, 0.1) is 19.8 Å². The Morgan fingerprint density at radius 3 is 2.65 bits per heavy atom. The highest BCUT2D eigenvalue weighted by atomic mass is 127. The lowest BCUT2D eigenvalue weighted by molar-refractivity contribution is 0.0963. The summed E-state index contributed by atoms with van der Waals surface area (Å²) in [5, 5.41) is 3.16. The summed E-state index contributed by atoms with van der Waals surface area (Å²) in [6.07, 6.45) is 1.46. The molecule has 118 valence electrons. The molecule has 20 heavy (non-hydrogen) atoms. The zero-order valence-electron chi connectivity index (χ0n) is 12.1. The fraction of sp³-hybridized carbons (Fsp3) is 0.833. The van der Waals surface area contributed by atoms with E-state index in [1.54, 1.807) is 12.0 Å². The van der Waals surface area contributed by atoms with E-state index in [9.17, 15) is 4.79 Å². The van der Waals surface area contributed by atoms with Crippen molar-refractivity contribution < 1.29 is 14.3 Å². The molecule has 1 aliphatic heterocycles. The highest BCUT2D eigenvalue weighted by molar-refractivity contribution is 14.0. The van der Waals surface area contributed by atoms with Gasteiger partial charge in [0, 0.05) is 26.2 Å². The van der Waals surface area contributed by atoms with E-state index in [-0.39, 0.29) is 36.1 Å². The van der Waals surface area contributed by atoms with Crippen molar-refractivity contribution in [1.29, 1.82) is 0 Å². The van der Waals surface area contributed by atoms with Crippen molar-refractivity contribution in [3.63, 3.8) is 0 Å². The standard InChI is InChI=1S/C12H24N4O3.HI/c1-3-19-12(17)16-7-4-10(5-8-16)15-11(13)14-6-9-18-2;/h10H,3-9H2,1-2H3,(H3,13,14,15);1H. The van der Waals surface area contributed by atoms with Crippen molar-refractivity contribution in [2.24, 2.45) is 10.7 Å². The van der Waals surface area contributed by atoms with Crippen LogP contribution in [0.2, 0.25) is 0 Å². The van der Waals surface area contributed by atoms with E-state index >= 15 is 0 Å². The van der Waals surface area contributed by atoms with Gasteiger partial charge in [-0.05, 0) is 19.8 Å². The number of amides is 1. The van der Waals surface area contributed by atoms with Crippen molar-refractivity contribution in [1.82, 2.24) is 10.2 Å². The summed E-state index contributed by atoms with van der Waals surface area (Å²) >= 11 is 0. The third kappa shape index (κ3) is 7.13. The first-order valence-corrected chi connectivity index (χ1v) is 6.64. The second-order valence-electron chi connectivity index (χ2n) is 4.36. The van der Waals surface area contributed by atoms with E-state index in [1.165, 1.54) is 0 Å². The maximum atomic E-state index is 11.5. The number of halogens is 1. The van der Waals surface area contributed by atoms with E-state index < -0.39 is 0 Å². The first kappa shape index (κ1) is 19.2. The molecule has 0 aliphatic carbocycles. The molecule has 0 unspecified atom stereocenters. The van der Waals surface area contributed by atoms with Crippen LogP contribution in [0.5, 0.6) is 0 Å². The summed E-state index contributed by atoms with van der Waals surface area (Å²) in [6.45, 7) is 4.70. The summed E-state index contributed by atoms with van der Waals surface area (Å²) in [4.78, 5) is 17.4. The minimum Gasteiger partial charge on any atom is -0.450 e. The van der Waals surface area contributed by atoms with Crippen molar-refractivity contribution in [3.05, 3.63) is 0 Å². The maximum Gasteiger partial charge on any atom is 0.409 e. The van der Waals surface area contributed by atoms with Crippen LogP contribution < -0.4 is 11.1 Å². The van der Waals surface area contributed by atoms with Gasteiger partial charge in [-0.25, -0.2) is 4.79 Å². The van der Waals surface area contributed by atoms with E-state index in [0.717, 1.165) is 12.8 Å². The molecule has 8 heteroatoms. The number of methoxy groups -OCH3 is 1. The zero-order chi connectivity index (χ0) is 14.1. The van der Waals surface area contributed by atoms with Gasteiger partial charge in [-0.15, -0.1) is 24.0 Å². The summed E-state index contributed by atoms with van der Waals surface area (Å²) in [7, 11) is 1.63. The Balaban J connectivity index is 0.00000361. The molecule has 0 saturated carbocycles. The van der Waals surface area contributed by atoms with Gasteiger partial charge < -0.3 is 25.4 Å². The molecule has 3 N–H and O–H groups in total. The lowest BCUT2D eigenvalue weighted by atomic mass is 10.1. The fourth-order valence-electron chi connectivity index (χ4n) is 1.93. The van der Waals surface area contributed by atoms with Gasteiger partial charge in [0.15, 0.2) is 5.96 Å². The van der Waals surface area contributed by atoms with Crippen LogP contribution in [0.4, 0.5) is 4.79 Å². The topological polar surface area (TPSA) is 89.2 Å². The lowest BCUT2D eigenvalue weighted by Crippen LogP contribution is -2.48. The van der Waals surface area contributed by atoms with Crippen LogP contribution in [0.3, 0.4) is 0 Å². The SMILES string of the molecule is CCOC(=O)N1CCC(NC(N)=NCCOC)CC1.I. The number of piperidine rings is 1. The number of rotatable bonds is 5. The minimum absolute atomic E-state index is 0. The second kappa shape index (κ2) is 11.0. The van der Waals surface area contributed by atoms with Crippen LogP contribution in [-0.2, 0) is 9.47 Å². The molecule has 0 atom stereocenters. The van der Waals surface area contributed by atoms with Crippen molar-refractivity contribution in [2.75, 3.05) is 40.0 Å². The van der Waals surface area contributed by atoms with Crippen LogP contribution in [0.1, 0.15) is 19.8 Å². The number of nitrogens with one attached hydrogen (secondary N) is 1. The highest BCUT2D eigenvalue weighted by Crippen LogP contribution is 2.11. The van der Waals surface area contributed by atoms with Crippen molar-refractivity contribution >= 4 is 36.0 Å². The molecule has 0 aromatic rings. The van der Waals surface area contributed by atoms with Crippen molar-refractivity contribution in [3.8, 4) is 0 Å². The van der Waals surface area contributed by atoms with Gasteiger partial charge in [-0.3, -0.25) is 4.99 Å². The quantitative estimate of drug-likeness (QED) is 0.308. The van der Waals surface area contributed by atoms with Gasteiger partial charge in [0.2, 0.25) is 0 Å². The van der Waals surface area contributed by atoms with Gasteiger partial charge in [0.25, 0.3) is 0 Å². The molecule has 1 aliphatic rings. The smallest absolute Gasteiger partial charge is 0.409 e. The largest absolute Gasteiger partial charge is 0.450 e. The highest BCUT2D eigenvalue weighted by Gasteiger charge is 2.23. The number of nitrogens with zero attached hydrogens (tertiary/aromatic N) is 2. The summed E-state index contributed by atoms with van der Waals surface area (Å²) < 4.78 is 9.86. The second-order valence-corrected chi connectivity index (χ2v) is 4.36. The molecule has 0 aromatic heterocycles. The Morgan fingerprint density at radius 1 is 1.45 bits per heavy atom. The van der Waals surface area contributed by atoms with E-state index in [0.29, 0.717) is 38.8 Å². The van der Waals surface area contributed by atoms with Crippen LogP contribution in [0.25, 0.3) is 0 Å². The lowest BCUT2D eigenvalue weighted by Gasteiger charge is -2.31. The molecule has 1 saturated heterocycles. The van der Waals surface area contributed by atoms with E-state index in [1.807, 2.05) is 6.92 Å². The molecule has 1 rings (SSSR count). The van der Waals surface area contributed by atoms with Gasteiger partial charge in [-0.2, -0.15) is 0 Å². The summed E-state index contributed by atoms with van der Waals surface area (Å²) in [5.74, 6) is 0.437. The predicted octanol–water partition coefficient (Wildman–Crippen LogP) is 0.776. The molecule has 0 aromatic carbocycles. The average Bonchev–Trinajstić information content (AvgIpc) is 2.40. The van der Waals surface area contributed by atoms with E-state index in [2.05, 4.69) is 10.3 Å². The van der Waals surface area contributed by atoms with Crippen LogP contribution in [0, 0.1) is 0 Å². The van der Waals surface area contributed by atoms with Gasteiger partial charge in [-0.1, -0.05) is 0 Å². The molecule has 1 heterocycles. The number of carbonyl (C=O) groups is 1. The number of likely N-dealkylation sites (tertiary alicyclic amines) is 1. The predicted molar refractivity (Wildman–Crippen MR) is 88.5 cm³/mol. The summed E-state index contributed by atoms with van der Waals surface area (Å²) in [6, 6.07) is 0.261. The fourth-order valence-corrected chi connectivity index (χ4v) is 1.93. The molecule has 0 spiro atoms. The molecule has 7 nitrogen and oxygen atoms in total. The maximum absolute atomic E-state index is 11.5. The minimum atomic E-state index is -0.234. The first-order valence-electron chi connectivity index (χ1n) is 6.64. The number of hydrogen-bond donors (Lipinski definition) is 2. The third-order valence-electron chi connectivity index (χ3n) is 2.95. The van der Waals surface area contributed by atoms with Crippen LogP contribution in [0.15, 0.2) is 4.99 Å². The zero-order valence-corrected chi connectivity index (χ0v) is 14.5. The third-order valence-corrected chi connectivity index (χ3v) is 2.95. The van der Waals surface area contributed by atoms with Gasteiger partial charge in [0.1, 0.15) is 0 Å². The Bertz CT molecular complexity index is 307. The number of guanidine groups is 1. The normalized spacial score (nSPS) is 16.5. The molecule has 1 fully saturated rings. The Kier molecular flexibility index (Phi) is 10.5. The number of ether oxygens (including phenoxy) is 2. The van der Waals surface area contributed by atoms with Crippen LogP contribution >= 0.6 is 24.0 Å². The number of carbonyl (C=O) groups excluding carboxylic acids is 1. The monoisotopic (exact) mass is 400 g/mol. The van der Waals surface area contributed by atoms with E-state index in [4.69, 9.17) is 15.2 Å². The Morgan fingerprint density at radius 2 is 2.10 bits per heavy atom. The first-order chi connectivity index (χ1) is 9.17. The molecule has 0 radical (unpaired) electrons. The number of nitrogens with two attached hydrogens (primary N) is 1.